The van der Waals surface area contributed by atoms with E-state index < -0.39 is 22.7 Å². The smallest absolute Gasteiger partial charge is 0.298 e. The number of hydrogen-bond donors (Lipinski definition) is 1. The highest BCUT2D eigenvalue weighted by Gasteiger charge is 1.78. The van der Waals surface area contributed by atoms with Crippen molar-refractivity contribution in [3.05, 3.63) is 12.4 Å². The van der Waals surface area contributed by atoms with Gasteiger partial charge in [-0.15, -0.1) is 0 Å². The molecule has 0 unspecified atom stereocenters. The Morgan fingerprint density at radius 1 is 1.40 bits per heavy atom. The Morgan fingerprint density at radius 2 is 1.60 bits per heavy atom. The third kappa shape index (κ3) is 27.1. The first-order valence-corrected chi connectivity index (χ1v) is 2.85. The van der Waals surface area contributed by atoms with Crippen LogP contribution in [-0.2, 0) is 10.3 Å². The highest BCUT2D eigenvalue weighted by atomic mass is 32.2. The van der Waals surface area contributed by atoms with E-state index >= 15 is 0 Å². The lowest BCUT2D eigenvalue weighted by Crippen LogP contribution is -1.62. The Morgan fingerprint density at radius 3 is 1.60 bits per heavy atom. The molecular formula is C3H3F3O3S. The molecule has 0 bridgehead atoms. The molecule has 0 aliphatic heterocycles. The van der Waals surface area contributed by atoms with Gasteiger partial charge in [0.15, 0.2) is 11.9 Å². The monoisotopic (exact) mass is 176 g/mol. The molecule has 0 aromatic rings. The van der Waals surface area contributed by atoms with Crippen LogP contribution in [0.15, 0.2) is 12.4 Å². The summed E-state index contributed by atoms with van der Waals surface area (Å²) in [5.74, 6) is 0. The van der Waals surface area contributed by atoms with Crippen LogP contribution in [0.3, 0.4) is 0 Å². The Bertz CT molecular complexity index is 205. The molecule has 0 aromatic heterocycles. The van der Waals surface area contributed by atoms with Crippen LogP contribution >= 0.6 is 0 Å². The van der Waals surface area contributed by atoms with Gasteiger partial charge in [0.05, 0.1) is 0 Å². The van der Waals surface area contributed by atoms with E-state index in [2.05, 4.69) is 0 Å². The van der Waals surface area contributed by atoms with Gasteiger partial charge >= 0.3 is 0 Å². The zero-order valence-corrected chi connectivity index (χ0v) is 5.28. The Balaban J connectivity index is 0. The summed E-state index contributed by atoms with van der Waals surface area (Å²) < 4.78 is 48.8. The average molecular weight is 176 g/mol. The summed E-state index contributed by atoms with van der Waals surface area (Å²) in [7, 11) is -2.39. The van der Waals surface area contributed by atoms with Crippen molar-refractivity contribution < 1.29 is 26.7 Å². The molecule has 0 aliphatic carbocycles. The highest BCUT2D eigenvalue weighted by molar-refractivity contribution is 7.71. The maximum atomic E-state index is 10.2. The first kappa shape index (κ1) is 11.9. The van der Waals surface area contributed by atoms with Gasteiger partial charge in [0.25, 0.3) is 6.08 Å². The fourth-order valence-corrected chi connectivity index (χ4v) is 0. The lowest BCUT2D eigenvalue weighted by Gasteiger charge is -1.59. The standard InChI is InChI=1S/C2HF3.CH2O3S/c3-1-2(4)5;2-1-5(3)4/h1H;1-2H. The molecule has 7 heteroatoms. The van der Waals surface area contributed by atoms with Crippen LogP contribution in [0.5, 0.6) is 0 Å². The minimum Gasteiger partial charge on any atom is -0.354 e. The van der Waals surface area contributed by atoms with E-state index in [0.717, 1.165) is 0 Å². The molecule has 0 radical (unpaired) electrons. The Kier molecular flexibility index (Phi) is 9.75. The predicted molar refractivity (Wildman–Crippen MR) is 29.0 cm³/mol. The molecule has 60 valence electrons. The third-order valence-corrected chi connectivity index (χ3v) is 0.341. The summed E-state index contributed by atoms with van der Waals surface area (Å²) in [6, 6.07) is 0. The van der Waals surface area contributed by atoms with Crippen molar-refractivity contribution in [2.45, 2.75) is 0 Å². The van der Waals surface area contributed by atoms with Crippen LogP contribution < -0.4 is 0 Å². The molecule has 0 aromatic carbocycles. The van der Waals surface area contributed by atoms with E-state index in [4.69, 9.17) is 13.5 Å². The van der Waals surface area contributed by atoms with Gasteiger partial charge in [-0.05, 0) is 0 Å². The summed E-state index contributed by atoms with van der Waals surface area (Å²) in [4.78, 5) is 0. The van der Waals surface area contributed by atoms with E-state index in [0.29, 0.717) is 0 Å². The van der Waals surface area contributed by atoms with Crippen LogP contribution in [0.25, 0.3) is 0 Å². The summed E-state index contributed by atoms with van der Waals surface area (Å²) >= 11 is 0. The van der Waals surface area contributed by atoms with Gasteiger partial charge in [-0.1, -0.05) is 0 Å². The fourth-order valence-electron chi connectivity index (χ4n) is 0. The van der Waals surface area contributed by atoms with Gasteiger partial charge in [0.1, 0.15) is 0 Å². The first-order chi connectivity index (χ1) is 4.54. The molecule has 0 heterocycles. The maximum Gasteiger partial charge on any atom is 0.298 e. The molecule has 0 saturated carbocycles. The lowest BCUT2D eigenvalue weighted by molar-refractivity contribution is 0.400. The molecule has 0 rings (SSSR count). The second kappa shape index (κ2) is 8.18. The maximum absolute atomic E-state index is 10.2. The molecule has 0 fully saturated rings. The minimum absolute atomic E-state index is 0.0833. The molecule has 1 N–H and O–H groups in total. The van der Waals surface area contributed by atoms with Gasteiger partial charge in [0.2, 0.25) is 10.3 Å². The highest BCUT2D eigenvalue weighted by Crippen LogP contribution is 1.93. The van der Waals surface area contributed by atoms with Crippen molar-refractivity contribution in [1.29, 1.82) is 0 Å². The number of aliphatic hydroxyl groups is 1. The molecule has 0 aliphatic rings. The molecular weight excluding hydrogens is 173 g/mol. The van der Waals surface area contributed by atoms with Gasteiger partial charge in [-0.3, -0.25) is 0 Å². The van der Waals surface area contributed by atoms with E-state index in [1.54, 1.807) is 0 Å². The van der Waals surface area contributed by atoms with Crippen LogP contribution in [0, 0.1) is 0 Å². The molecule has 0 spiro atoms. The zero-order valence-electron chi connectivity index (χ0n) is 4.46. The van der Waals surface area contributed by atoms with Crippen molar-refractivity contribution in [2.24, 2.45) is 0 Å². The van der Waals surface area contributed by atoms with Crippen LogP contribution in [-0.4, -0.2) is 19.1 Å². The number of rotatable bonds is 0. The van der Waals surface area contributed by atoms with E-state index in [9.17, 15) is 13.2 Å². The average Bonchev–Trinajstić information content (AvgIpc) is 1.89. The number of halogens is 3. The second-order valence-electron chi connectivity index (χ2n) is 0.765. The quantitative estimate of drug-likeness (QED) is 0.557. The summed E-state index contributed by atoms with van der Waals surface area (Å²) in [6.45, 7) is 0. The van der Waals surface area contributed by atoms with Crippen LogP contribution in [0.4, 0.5) is 13.2 Å². The molecule has 0 saturated heterocycles. The Labute approximate surface area is 55.9 Å². The first-order valence-electron chi connectivity index (χ1n) is 1.71. The molecule has 0 amide bonds. The summed E-state index contributed by atoms with van der Waals surface area (Å²) in [5, 5.41) is 7.41. The largest absolute Gasteiger partial charge is 0.354 e. The summed E-state index contributed by atoms with van der Waals surface area (Å²) in [6.07, 6.45) is -3.04. The second-order valence-corrected chi connectivity index (χ2v) is 1.50. The SMILES string of the molecule is FC=C(F)F.O=S(=O)=CO. The van der Waals surface area contributed by atoms with Crippen molar-refractivity contribution in [3.63, 3.8) is 0 Å². The third-order valence-electron chi connectivity index (χ3n) is 0.169. The molecule has 10 heavy (non-hydrogen) atoms. The van der Waals surface area contributed by atoms with Crippen LogP contribution in [0.1, 0.15) is 0 Å². The predicted octanol–water partition coefficient (Wildman–Crippen LogP) is 0.877. The van der Waals surface area contributed by atoms with Crippen LogP contribution in [0.2, 0.25) is 0 Å². The fraction of sp³-hybridized carbons (Fsp3) is 0. The number of aliphatic hydroxyl groups excluding tert-OH is 1. The van der Waals surface area contributed by atoms with Gasteiger partial charge in [-0.25, -0.2) is 4.39 Å². The minimum atomic E-state index is -2.39. The topological polar surface area (TPSA) is 54.4 Å². The van der Waals surface area contributed by atoms with Crippen molar-refractivity contribution in [2.75, 3.05) is 0 Å². The molecule has 3 nitrogen and oxygen atoms in total. The molecule has 0 atom stereocenters. The van der Waals surface area contributed by atoms with Crippen molar-refractivity contribution in [1.82, 2.24) is 0 Å². The number of hydrogen-bond acceptors (Lipinski definition) is 2. The van der Waals surface area contributed by atoms with E-state index in [1.165, 1.54) is 0 Å². The van der Waals surface area contributed by atoms with Gasteiger partial charge in [-0.2, -0.15) is 17.2 Å². The lowest BCUT2D eigenvalue weighted by atomic mass is 11.1. The van der Waals surface area contributed by atoms with E-state index in [1.807, 2.05) is 0 Å². The summed E-state index contributed by atoms with van der Waals surface area (Å²) in [5.41, 5.74) is 0.0833. The van der Waals surface area contributed by atoms with Crippen molar-refractivity contribution >= 4 is 15.8 Å². The normalized spacial score (nSPS) is 6.80. The van der Waals surface area contributed by atoms with Crippen molar-refractivity contribution in [3.8, 4) is 0 Å². The zero-order chi connectivity index (χ0) is 8.57. The Hall–Kier alpha value is -0.820. The van der Waals surface area contributed by atoms with Gasteiger partial charge < -0.3 is 5.11 Å². The van der Waals surface area contributed by atoms with Gasteiger partial charge in [0, 0.05) is 0 Å². The van der Waals surface area contributed by atoms with E-state index in [-0.39, 0.29) is 5.55 Å².